The lowest BCUT2D eigenvalue weighted by Crippen LogP contribution is -2.09. The largest absolute Gasteiger partial charge is 0.0914 e. The van der Waals surface area contributed by atoms with E-state index < -0.39 is 0 Å². The Morgan fingerprint density at radius 3 is 1.92 bits per heavy atom. The summed E-state index contributed by atoms with van der Waals surface area (Å²) in [5.41, 5.74) is 0. The molecule has 0 unspecified atom stereocenters. The molecule has 0 bridgehead atoms. The van der Waals surface area contributed by atoms with Crippen LogP contribution in [0.1, 0.15) is 53.4 Å². The van der Waals surface area contributed by atoms with Gasteiger partial charge in [-0.15, -0.1) is 0 Å². The fourth-order valence-corrected chi connectivity index (χ4v) is 1.75. The smallest absolute Gasteiger partial charge is 0.0233 e. The van der Waals surface area contributed by atoms with Crippen LogP contribution in [-0.4, -0.2) is 0 Å². The average Bonchev–Trinajstić information content (AvgIpc) is 2.13. The molecule has 0 aromatic heterocycles. The van der Waals surface area contributed by atoms with Gasteiger partial charge in [-0.1, -0.05) is 45.8 Å². The van der Waals surface area contributed by atoms with Crippen molar-refractivity contribution < 1.29 is 0 Å². The molecule has 0 atom stereocenters. The third-order valence-electron chi connectivity index (χ3n) is 2.53. The van der Waals surface area contributed by atoms with Crippen LogP contribution in [0.15, 0.2) is 12.2 Å². The van der Waals surface area contributed by atoms with Gasteiger partial charge >= 0.3 is 0 Å². The van der Waals surface area contributed by atoms with Crippen molar-refractivity contribution in [1.29, 1.82) is 0 Å². The summed E-state index contributed by atoms with van der Waals surface area (Å²) in [7, 11) is 0. The maximum absolute atomic E-state index is 2.37. The zero-order valence-electron chi connectivity index (χ0n) is 9.14. The van der Waals surface area contributed by atoms with Crippen molar-refractivity contribution in [2.45, 2.75) is 53.4 Å². The molecule has 0 N–H and O–H groups in total. The van der Waals surface area contributed by atoms with E-state index in [1.807, 2.05) is 13.8 Å². The monoisotopic (exact) mass is 168 g/mol. The third-order valence-corrected chi connectivity index (χ3v) is 2.53. The van der Waals surface area contributed by atoms with E-state index in [9.17, 15) is 0 Å². The summed E-state index contributed by atoms with van der Waals surface area (Å²) in [5, 5.41) is 0. The SMILES string of the molecule is C/C=C\C1CCC(C)CC1.CC. The average molecular weight is 168 g/mol. The summed E-state index contributed by atoms with van der Waals surface area (Å²) in [5.74, 6) is 1.89. The van der Waals surface area contributed by atoms with Gasteiger partial charge in [-0.2, -0.15) is 0 Å². The third kappa shape index (κ3) is 4.58. The Balaban J connectivity index is 0.000000561. The molecule has 0 heteroatoms. The predicted octanol–water partition coefficient (Wildman–Crippen LogP) is 4.42. The van der Waals surface area contributed by atoms with Crippen LogP contribution < -0.4 is 0 Å². The summed E-state index contributed by atoms with van der Waals surface area (Å²) < 4.78 is 0. The Labute approximate surface area is 78.1 Å². The molecule has 72 valence electrons. The Bertz CT molecular complexity index is 105. The summed E-state index contributed by atoms with van der Waals surface area (Å²) in [6.07, 6.45) is 10.3. The number of hydrogen-bond acceptors (Lipinski definition) is 0. The first-order valence-corrected chi connectivity index (χ1v) is 5.45. The molecule has 0 amide bonds. The van der Waals surface area contributed by atoms with Crippen molar-refractivity contribution in [1.82, 2.24) is 0 Å². The first kappa shape index (κ1) is 11.7. The van der Waals surface area contributed by atoms with Crippen molar-refractivity contribution in [3.8, 4) is 0 Å². The van der Waals surface area contributed by atoms with E-state index in [1.165, 1.54) is 25.7 Å². The second kappa shape index (κ2) is 7.39. The summed E-state index contributed by atoms with van der Waals surface area (Å²) >= 11 is 0. The van der Waals surface area contributed by atoms with E-state index in [0.29, 0.717) is 0 Å². The fraction of sp³-hybridized carbons (Fsp3) is 0.833. The molecule has 1 aliphatic rings. The van der Waals surface area contributed by atoms with Crippen molar-refractivity contribution in [3.63, 3.8) is 0 Å². The lowest BCUT2D eigenvalue weighted by Gasteiger charge is -2.23. The minimum absolute atomic E-state index is 0.904. The van der Waals surface area contributed by atoms with Crippen LogP contribution in [-0.2, 0) is 0 Å². The topological polar surface area (TPSA) is 0 Å². The lowest BCUT2D eigenvalue weighted by atomic mass is 9.83. The van der Waals surface area contributed by atoms with Crippen LogP contribution in [0.2, 0.25) is 0 Å². The maximum atomic E-state index is 2.37. The van der Waals surface area contributed by atoms with Crippen molar-refractivity contribution >= 4 is 0 Å². The van der Waals surface area contributed by atoms with E-state index in [4.69, 9.17) is 0 Å². The van der Waals surface area contributed by atoms with Gasteiger partial charge in [-0.3, -0.25) is 0 Å². The molecule has 1 aliphatic carbocycles. The standard InChI is InChI=1S/C10H18.C2H6/c1-3-4-10-7-5-9(2)6-8-10;1-2/h3-4,9-10H,5-8H2,1-2H3;1-2H3/b4-3-;. The summed E-state index contributed by atoms with van der Waals surface area (Å²) in [6.45, 7) is 8.49. The molecule has 0 aromatic rings. The number of rotatable bonds is 1. The molecule has 12 heavy (non-hydrogen) atoms. The van der Waals surface area contributed by atoms with Gasteiger partial charge in [0.05, 0.1) is 0 Å². The van der Waals surface area contributed by atoms with Gasteiger partial charge in [0.15, 0.2) is 0 Å². The van der Waals surface area contributed by atoms with Gasteiger partial charge in [0.25, 0.3) is 0 Å². The fourth-order valence-electron chi connectivity index (χ4n) is 1.75. The summed E-state index contributed by atoms with van der Waals surface area (Å²) in [6, 6.07) is 0. The first-order valence-electron chi connectivity index (χ1n) is 5.45. The van der Waals surface area contributed by atoms with Gasteiger partial charge in [0.1, 0.15) is 0 Å². The van der Waals surface area contributed by atoms with Crippen LogP contribution >= 0.6 is 0 Å². The van der Waals surface area contributed by atoms with Gasteiger partial charge in [-0.05, 0) is 31.6 Å². The van der Waals surface area contributed by atoms with Crippen molar-refractivity contribution in [3.05, 3.63) is 12.2 Å². The molecule has 0 spiro atoms. The van der Waals surface area contributed by atoms with Crippen molar-refractivity contribution in [2.75, 3.05) is 0 Å². The zero-order valence-corrected chi connectivity index (χ0v) is 9.14. The normalized spacial score (nSPS) is 29.7. The Kier molecular flexibility index (Phi) is 7.23. The predicted molar refractivity (Wildman–Crippen MR) is 57.3 cm³/mol. The van der Waals surface area contributed by atoms with Crippen LogP contribution in [0, 0.1) is 11.8 Å². The number of allylic oxidation sites excluding steroid dienone is 2. The van der Waals surface area contributed by atoms with E-state index >= 15 is 0 Å². The second-order valence-corrected chi connectivity index (χ2v) is 3.55. The quantitative estimate of drug-likeness (QED) is 0.509. The molecular formula is C12H24. The minimum Gasteiger partial charge on any atom is -0.0914 e. The zero-order chi connectivity index (χ0) is 9.40. The van der Waals surface area contributed by atoms with E-state index in [2.05, 4.69) is 26.0 Å². The van der Waals surface area contributed by atoms with Crippen LogP contribution in [0.4, 0.5) is 0 Å². The molecule has 1 saturated carbocycles. The highest BCUT2D eigenvalue weighted by Gasteiger charge is 2.14. The molecule has 0 aliphatic heterocycles. The number of hydrogen-bond donors (Lipinski definition) is 0. The van der Waals surface area contributed by atoms with E-state index in [-0.39, 0.29) is 0 Å². The molecule has 0 radical (unpaired) electrons. The Morgan fingerprint density at radius 2 is 1.50 bits per heavy atom. The molecule has 1 rings (SSSR count). The Hall–Kier alpha value is -0.260. The molecule has 0 saturated heterocycles. The highest BCUT2D eigenvalue weighted by atomic mass is 14.2. The first-order chi connectivity index (χ1) is 5.83. The highest BCUT2D eigenvalue weighted by Crippen LogP contribution is 2.28. The molecule has 0 aromatic carbocycles. The second-order valence-electron chi connectivity index (χ2n) is 3.55. The van der Waals surface area contributed by atoms with Gasteiger partial charge in [0.2, 0.25) is 0 Å². The van der Waals surface area contributed by atoms with Crippen molar-refractivity contribution in [2.24, 2.45) is 11.8 Å². The van der Waals surface area contributed by atoms with Gasteiger partial charge in [-0.25, -0.2) is 0 Å². The van der Waals surface area contributed by atoms with Crippen LogP contribution in [0.25, 0.3) is 0 Å². The van der Waals surface area contributed by atoms with E-state index in [1.54, 1.807) is 0 Å². The molecular weight excluding hydrogens is 144 g/mol. The van der Waals surface area contributed by atoms with Gasteiger partial charge < -0.3 is 0 Å². The molecule has 0 nitrogen and oxygen atoms in total. The maximum Gasteiger partial charge on any atom is -0.0233 e. The molecule has 1 fully saturated rings. The van der Waals surface area contributed by atoms with E-state index in [0.717, 1.165) is 11.8 Å². The highest BCUT2D eigenvalue weighted by molar-refractivity contribution is 4.88. The summed E-state index contributed by atoms with van der Waals surface area (Å²) in [4.78, 5) is 0. The minimum atomic E-state index is 0.904. The Morgan fingerprint density at radius 1 is 1.00 bits per heavy atom. The lowest BCUT2D eigenvalue weighted by molar-refractivity contribution is 0.330. The van der Waals surface area contributed by atoms with Gasteiger partial charge in [0, 0.05) is 0 Å². The van der Waals surface area contributed by atoms with Crippen LogP contribution in [0.5, 0.6) is 0 Å². The molecule has 0 heterocycles. The van der Waals surface area contributed by atoms with Crippen LogP contribution in [0.3, 0.4) is 0 Å².